The molecule has 0 unspecified atom stereocenters. The van der Waals surface area contributed by atoms with Crippen molar-refractivity contribution in [3.05, 3.63) is 78.4 Å². The molecule has 0 fully saturated rings. The third-order valence-electron chi connectivity index (χ3n) is 3.80. The van der Waals surface area contributed by atoms with E-state index in [1.165, 1.54) is 5.56 Å². The standard InChI is InChI=1S/C20H20N4O2/c1-2-16-5-9-19(10-6-16)26-14-20(25)23-22-13-17-3-7-18(8-4-17)24-12-11-21-15-24/h3-13,15H,2,14H2,1H3,(H,23,25)/b22-13+. The number of benzene rings is 2. The maximum Gasteiger partial charge on any atom is 0.277 e. The van der Waals surface area contributed by atoms with Crippen molar-refractivity contribution in [1.82, 2.24) is 15.0 Å². The Morgan fingerprint density at radius 2 is 1.96 bits per heavy atom. The fourth-order valence-corrected chi connectivity index (χ4v) is 2.33. The highest BCUT2D eigenvalue weighted by molar-refractivity contribution is 5.83. The molecule has 0 saturated heterocycles. The number of aryl methyl sites for hydroxylation is 1. The van der Waals surface area contributed by atoms with Crippen LogP contribution in [0.2, 0.25) is 0 Å². The number of aromatic nitrogens is 2. The molecular weight excluding hydrogens is 328 g/mol. The maximum absolute atomic E-state index is 11.8. The van der Waals surface area contributed by atoms with E-state index in [9.17, 15) is 4.79 Å². The molecule has 0 aliphatic heterocycles. The van der Waals surface area contributed by atoms with Crippen molar-refractivity contribution >= 4 is 12.1 Å². The van der Waals surface area contributed by atoms with Crippen molar-refractivity contribution in [2.45, 2.75) is 13.3 Å². The minimum absolute atomic E-state index is 0.0810. The molecule has 3 aromatic rings. The van der Waals surface area contributed by atoms with Crippen molar-refractivity contribution in [1.29, 1.82) is 0 Å². The average Bonchev–Trinajstić information content (AvgIpc) is 3.22. The van der Waals surface area contributed by atoms with E-state index in [-0.39, 0.29) is 12.5 Å². The van der Waals surface area contributed by atoms with Gasteiger partial charge >= 0.3 is 0 Å². The molecule has 1 heterocycles. The number of amides is 1. The van der Waals surface area contributed by atoms with Crippen LogP contribution >= 0.6 is 0 Å². The number of imidazole rings is 1. The van der Waals surface area contributed by atoms with Gasteiger partial charge < -0.3 is 9.30 Å². The van der Waals surface area contributed by atoms with E-state index in [0.717, 1.165) is 17.7 Å². The lowest BCUT2D eigenvalue weighted by Gasteiger charge is -2.05. The Balaban J connectivity index is 1.46. The van der Waals surface area contributed by atoms with Gasteiger partial charge in [-0.2, -0.15) is 5.10 Å². The number of nitrogens with zero attached hydrogens (tertiary/aromatic N) is 3. The van der Waals surface area contributed by atoms with Gasteiger partial charge in [0.2, 0.25) is 0 Å². The lowest BCUT2D eigenvalue weighted by molar-refractivity contribution is -0.123. The van der Waals surface area contributed by atoms with E-state index < -0.39 is 0 Å². The number of hydrogen-bond donors (Lipinski definition) is 1. The molecule has 0 atom stereocenters. The first kappa shape index (κ1) is 17.4. The van der Waals surface area contributed by atoms with Gasteiger partial charge in [-0.25, -0.2) is 10.4 Å². The monoisotopic (exact) mass is 348 g/mol. The van der Waals surface area contributed by atoms with Gasteiger partial charge in [-0.15, -0.1) is 0 Å². The summed E-state index contributed by atoms with van der Waals surface area (Å²) in [4.78, 5) is 15.8. The fourth-order valence-electron chi connectivity index (χ4n) is 2.33. The van der Waals surface area contributed by atoms with Gasteiger partial charge in [0, 0.05) is 18.1 Å². The molecule has 6 nitrogen and oxygen atoms in total. The molecule has 0 bridgehead atoms. The average molecular weight is 348 g/mol. The van der Waals surface area contributed by atoms with Crippen LogP contribution in [0.1, 0.15) is 18.1 Å². The van der Waals surface area contributed by atoms with Crippen molar-refractivity contribution in [2.24, 2.45) is 5.10 Å². The first-order valence-electron chi connectivity index (χ1n) is 8.36. The molecule has 26 heavy (non-hydrogen) atoms. The van der Waals surface area contributed by atoms with E-state index >= 15 is 0 Å². The smallest absolute Gasteiger partial charge is 0.277 e. The Morgan fingerprint density at radius 1 is 1.19 bits per heavy atom. The number of hydrogen-bond acceptors (Lipinski definition) is 4. The van der Waals surface area contributed by atoms with Crippen molar-refractivity contribution < 1.29 is 9.53 Å². The van der Waals surface area contributed by atoms with Gasteiger partial charge in [-0.1, -0.05) is 31.2 Å². The summed E-state index contributed by atoms with van der Waals surface area (Å²) in [5.41, 5.74) is 5.57. The quantitative estimate of drug-likeness (QED) is 0.527. The van der Waals surface area contributed by atoms with E-state index in [1.54, 1.807) is 18.7 Å². The topological polar surface area (TPSA) is 68.5 Å². The molecule has 1 aromatic heterocycles. The van der Waals surface area contributed by atoms with Crippen LogP contribution in [0.25, 0.3) is 5.69 Å². The highest BCUT2D eigenvalue weighted by Gasteiger charge is 2.01. The first-order chi connectivity index (χ1) is 12.7. The third kappa shape index (κ3) is 4.80. The van der Waals surface area contributed by atoms with Crippen LogP contribution in [0.5, 0.6) is 5.75 Å². The number of carbonyl (C=O) groups excluding carboxylic acids is 1. The Hall–Kier alpha value is -3.41. The summed E-state index contributed by atoms with van der Waals surface area (Å²) in [5.74, 6) is 0.354. The Kier molecular flexibility index (Phi) is 5.77. The van der Waals surface area contributed by atoms with E-state index in [2.05, 4.69) is 22.4 Å². The maximum atomic E-state index is 11.8. The molecule has 6 heteroatoms. The van der Waals surface area contributed by atoms with E-state index in [4.69, 9.17) is 4.74 Å². The van der Waals surface area contributed by atoms with E-state index in [1.807, 2.05) is 59.3 Å². The molecule has 132 valence electrons. The van der Waals surface area contributed by atoms with Crippen LogP contribution in [-0.2, 0) is 11.2 Å². The SMILES string of the molecule is CCc1ccc(OCC(=O)N/N=C/c2ccc(-n3ccnc3)cc2)cc1. The summed E-state index contributed by atoms with van der Waals surface area (Å²) < 4.78 is 7.34. The summed E-state index contributed by atoms with van der Waals surface area (Å²) in [6.45, 7) is 2.01. The normalized spacial score (nSPS) is 10.8. The summed E-state index contributed by atoms with van der Waals surface area (Å²) in [6.07, 6.45) is 7.90. The molecule has 0 aliphatic rings. The second-order valence-corrected chi connectivity index (χ2v) is 5.64. The highest BCUT2D eigenvalue weighted by atomic mass is 16.5. The molecule has 1 amide bonds. The van der Waals surface area contributed by atoms with Gasteiger partial charge in [0.25, 0.3) is 5.91 Å². The molecule has 1 N–H and O–H groups in total. The molecule has 3 rings (SSSR count). The zero-order chi connectivity index (χ0) is 18.2. The Bertz CT molecular complexity index is 854. The van der Waals surface area contributed by atoms with Crippen molar-refractivity contribution in [3.8, 4) is 11.4 Å². The van der Waals surface area contributed by atoms with Crippen LogP contribution in [0.15, 0.2) is 72.4 Å². The zero-order valence-corrected chi connectivity index (χ0v) is 14.5. The predicted octanol–water partition coefficient (Wildman–Crippen LogP) is 2.96. The molecule has 0 radical (unpaired) electrons. The molecule has 0 spiro atoms. The summed E-state index contributed by atoms with van der Waals surface area (Å²) >= 11 is 0. The highest BCUT2D eigenvalue weighted by Crippen LogP contribution is 2.12. The summed E-state index contributed by atoms with van der Waals surface area (Å²) in [7, 11) is 0. The lowest BCUT2D eigenvalue weighted by atomic mass is 10.2. The van der Waals surface area contributed by atoms with Gasteiger partial charge in [0.15, 0.2) is 6.61 Å². The summed E-state index contributed by atoms with van der Waals surface area (Å²) in [5, 5.41) is 3.95. The largest absolute Gasteiger partial charge is 0.484 e. The number of ether oxygens (including phenoxy) is 1. The minimum Gasteiger partial charge on any atom is -0.484 e. The van der Waals surface area contributed by atoms with Crippen molar-refractivity contribution in [2.75, 3.05) is 6.61 Å². The van der Waals surface area contributed by atoms with Gasteiger partial charge in [0.05, 0.1) is 12.5 Å². The number of rotatable bonds is 7. The fraction of sp³-hybridized carbons (Fsp3) is 0.150. The molecule has 2 aromatic carbocycles. The zero-order valence-electron chi connectivity index (χ0n) is 14.5. The first-order valence-corrected chi connectivity index (χ1v) is 8.36. The second kappa shape index (κ2) is 8.62. The summed E-state index contributed by atoms with van der Waals surface area (Å²) in [6, 6.07) is 15.4. The number of carbonyl (C=O) groups is 1. The van der Waals surface area contributed by atoms with Gasteiger partial charge in [-0.05, 0) is 41.8 Å². The van der Waals surface area contributed by atoms with E-state index in [0.29, 0.717) is 5.75 Å². The number of hydrazone groups is 1. The molecule has 0 aliphatic carbocycles. The van der Waals surface area contributed by atoms with Crippen LogP contribution in [-0.4, -0.2) is 28.3 Å². The van der Waals surface area contributed by atoms with Gasteiger partial charge in [0.1, 0.15) is 5.75 Å². The number of nitrogens with one attached hydrogen (secondary N) is 1. The minimum atomic E-state index is -0.309. The predicted molar refractivity (Wildman–Crippen MR) is 101 cm³/mol. The lowest BCUT2D eigenvalue weighted by Crippen LogP contribution is -2.24. The molecule has 0 saturated carbocycles. The Morgan fingerprint density at radius 3 is 2.62 bits per heavy atom. The van der Waals surface area contributed by atoms with Crippen LogP contribution < -0.4 is 10.2 Å². The van der Waals surface area contributed by atoms with Crippen molar-refractivity contribution in [3.63, 3.8) is 0 Å². The Labute approximate surface area is 152 Å². The second-order valence-electron chi connectivity index (χ2n) is 5.64. The van der Waals surface area contributed by atoms with Gasteiger partial charge in [-0.3, -0.25) is 4.79 Å². The van der Waals surface area contributed by atoms with Crippen LogP contribution in [0.3, 0.4) is 0 Å². The van der Waals surface area contributed by atoms with Crippen LogP contribution in [0, 0.1) is 0 Å². The third-order valence-corrected chi connectivity index (χ3v) is 3.80. The molecular formula is C20H20N4O2. The van der Waals surface area contributed by atoms with Crippen LogP contribution in [0.4, 0.5) is 0 Å².